The molecular weight excluding hydrogens is 458 g/mol. The molecule has 0 bridgehead atoms. The molecule has 6 nitrogen and oxygen atoms in total. The molecule has 0 radical (unpaired) electrons. The Morgan fingerprint density at radius 1 is 0.943 bits per heavy atom. The van der Waals surface area contributed by atoms with Crippen molar-refractivity contribution in [3.05, 3.63) is 106 Å². The van der Waals surface area contributed by atoms with Crippen LogP contribution in [-0.4, -0.2) is 29.2 Å². The SMILES string of the molecule is COc1cc2cc(CN(Cc3ccccc3)C(=S)N[C@@H](C)c3ccccc3)c(=O)[nH]c2cc1OC. The summed E-state index contributed by atoms with van der Waals surface area (Å²) in [6.45, 7) is 2.99. The zero-order valence-electron chi connectivity index (χ0n) is 20.1. The molecule has 0 unspecified atom stereocenters. The lowest BCUT2D eigenvalue weighted by molar-refractivity contribution is 0.355. The third-order valence-corrected chi connectivity index (χ3v) is 6.31. The van der Waals surface area contributed by atoms with Crippen molar-refractivity contribution in [3.63, 3.8) is 0 Å². The fourth-order valence-corrected chi connectivity index (χ4v) is 4.31. The number of hydrogen-bond acceptors (Lipinski definition) is 4. The van der Waals surface area contributed by atoms with Crippen molar-refractivity contribution in [3.8, 4) is 11.5 Å². The lowest BCUT2D eigenvalue weighted by atomic mass is 10.1. The van der Waals surface area contributed by atoms with Gasteiger partial charge >= 0.3 is 0 Å². The van der Waals surface area contributed by atoms with Gasteiger partial charge in [0.05, 0.1) is 32.3 Å². The molecule has 4 aromatic rings. The number of pyridine rings is 1. The maximum Gasteiger partial charge on any atom is 0.253 e. The molecule has 1 atom stereocenters. The number of H-pyrrole nitrogens is 1. The fraction of sp³-hybridized carbons (Fsp3) is 0.214. The van der Waals surface area contributed by atoms with Crippen LogP contribution in [0, 0.1) is 0 Å². The van der Waals surface area contributed by atoms with Crippen molar-refractivity contribution in [2.75, 3.05) is 14.2 Å². The summed E-state index contributed by atoms with van der Waals surface area (Å²) in [6, 6.07) is 25.8. The number of aromatic nitrogens is 1. The number of nitrogens with zero attached hydrogens (tertiary/aromatic N) is 1. The topological polar surface area (TPSA) is 66.6 Å². The van der Waals surface area contributed by atoms with E-state index in [9.17, 15) is 4.79 Å². The van der Waals surface area contributed by atoms with Gasteiger partial charge in [0.15, 0.2) is 16.6 Å². The van der Waals surface area contributed by atoms with Crippen molar-refractivity contribution < 1.29 is 9.47 Å². The molecule has 0 spiro atoms. The summed E-state index contributed by atoms with van der Waals surface area (Å²) in [5, 5.41) is 4.87. The molecule has 180 valence electrons. The van der Waals surface area contributed by atoms with Crippen LogP contribution >= 0.6 is 12.2 Å². The third-order valence-electron chi connectivity index (χ3n) is 5.93. The lowest BCUT2D eigenvalue weighted by Crippen LogP contribution is -2.41. The Morgan fingerprint density at radius 3 is 2.23 bits per heavy atom. The van der Waals surface area contributed by atoms with Gasteiger partial charge in [-0.1, -0.05) is 60.7 Å². The molecule has 7 heteroatoms. The van der Waals surface area contributed by atoms with Crippen molar-refractivity contribution in [1.82, 2.24) is 15.2 Å². The molecule has 0 aliphatic carbocycles. The number of aromatic amines is 1. The van der Waals surface area contributed by atoms with E-state index in [-0.39, 0.29) is 11.6 Å². The molecule has 4 rings (SSSR count). The zero-order chi connectivity index (χ0) is 24.8. The minimum Gasteiger partial charge on any atom is -0.493 e. The minimum absolute atomic E-state index is 0.0218. The van der Waals surface area contributed by atoms with Crippen molar-refractivity contribution in [1.29, 1.82) is 0 Å². The molecule has 0 aliphatic heterocycles. The van der Waals surface area contributed by atoms with Gasteiger partial charge in [0.1, 0.15) is 0 Å². The second kappa shape index (κ2) is 11.1. The van der Waals surface area contributed by atoms with Crippen molar-refractivity contribution >= 4 is 28.2 Å². The molecular formula is C28H29N3O3S. The maximum absolute atomic E-state index is 13.0. The van der Waals surface area contributed by atoms with Gasteiger partial charge in [-0.2, -0.15) is 0 Å². The number of fused-ring (bicyclic) bond motifs is 1. The van der Waals surface area contributed by atoms with Gasteiger partial charge in [0, 0.05) is 23.6 Å². The first-order valence-corrected chi connectivity index (χ1v) is 11.8. The van der Waals surface area contributed by atoms with Gasteiger partial charge in [-0.3, -0.25) is 4.79 Å². The number of nitrogens with one attached hydrogen (secondary N) is 2. The van der Waals surface area contributed by atoms with E-state index in [4.69, 9.17) is 21.7 Å². The monoisotopic (exact) mass is 487 g/mol. The van der Waals surface area contributed by atoms with Gasteiger partial charge in [0.25, 0.3) is 5.56 Å². The average molecular weight is 488 g/mol. The Labute approximate surface area is 210 Å². The first kappa shape index (κ1) is 24.3. The molecule has 0 aliphatic rings. The van der Waals surface area contributed by atoms with Crippen LogP contribution in [0.1, 0.15) is 29.7 Å². The molecule has 1 heterocycles. The Hall–Kier alpha value is -3.84. The van der Waals surface area contributed by atoms with Crippen LogP contribution in [0.3, 0.4) is 0 Å². The summed E-state index contributed by atoms with van der Waals surface area (Å²) in [4.78, 5) is 18.0. The first-order chi connectivity index (χ1) is 17.0. The van der Waals surface area contributed by atoms with Gasteiger partial charge in [-0.25, -0.2) is 0 Å². The third kappa shape index (κ3) is 5.81. The van der Waals surface area contributed by atoms with Gasteiger partial charge in [0.2, 0.25) is 0 Å². The predicted molar refractivity (Wildman–Crippen MR) is 144 cm³/mol. The predicted octanol–water partition coefficient (Wildman–Crippen LogP) is 5.18. The number of thiocarbonyl (C=S) groups is 1. The molecule has 35 heavy (non-hydrogen) atoms. The van der Waals surface area contributed by atoms with Gasteiger partial charge in [-0.15, -0.1) is 0 Å². The lowest BCUT2D eigenvalue weighted by Gasteiger charge is -2.28. The quantitative estimate of drug-likeness (QED) is 0.334. The van der Waals surface area contributed by atoms with E-state index in [2.05, 4.69) is 41.5 Å². The van der Waals surface area contributed by atoms with Gasteiger partial charge in [-0.05, 0) is 42.4 Å². The van der Waals surface area contributed by atoms with Crippen LogP contribution in [0.2, 0.25) is 0 Å². The van der Waals surface area contributed by atoms with Crippen LogP contribution in [0.25, 0.3) is 10.9 Å². The standard InChI is InChI=1S/C28H29N3O3S/c1-19(21-12-8-5-9-13-21)29-28(35)31(17-20-10-6-4-7-11-20)18-23-14-22-15-25(33-2)26(34-3)16-24(22)30-27(23)32/h4-16,19H,17-18H2,1-3H3,(H,29,35)(H,30,32)/t19-/m0/s1. The highest BCUT2D eigenvalue weighted by atomic mass is 32.1. The first-order valence-electron chi connectivity index (χ1n) is 11.4. The highest BCUT2D eigenvalue weighted by molar-refractivity contribution is 7.80. The Morgan fingerprint density at radius 2 is 1.57 bits per heavy atom. The fourth-order valence-electron chi connectivity index (χ4n) is 4.01. The highest BCUT2D eigenvalue weighted by Gasteiger charge is 2.17. The zero-order valence-corrected chi connectivity index (χ0v) is 20.9. The molecule has 2 N–H and O–H groups in total. The summed E-state index contributed by atoms with van der Waals surface area (Å²) >= 11 is 5.83. The summed E-state index contributed by atoms with van der Waals surface area (Å²) in [7, 11) is 3.16. The number of rotatable bonds is 8. The highest BCUT2D eigenvalue weighted by Crippen LogP contribution is 2.31. The van der Waals surface area contributed by atoms with Crippen LogP contribution in [-0.2, 0) is 13.1 Å². The molecule has 1 aromatic heterocycles. The Kier molecular flexibility index (Phi) is 7.67. The van der Waals surface area contributed by atoms with E-state index < -0.39 is 0 Å². The molecule has 0 saturated carbocycles. The number of benzene rings is 3. The average Bonchev–Trinajstić information content (AvgIpc) is 2.89. The Balaban J connectivity index is 1.64. The largest absolute Gasteiger partial charge is 0.493 e. The summed E-state index contributed by atoms with van der Waals surface area (Å²) in [5.41, 5.74) is 3.37. The smallest absolute Gasteiger partial charge is 0.253 e. The number of hydrogen-bond donors (Lipinski definition) is 2. The van der Waals surface area contributed by atoms with Crippen LogP contribution in [0.4, 0.5) is 0 Å². The van der Waals surface area contributed by atoms with Gasteiger partial charge < -0.3 is 24.7 Å². The van der Waals surface area contributed by atoms with E-state index in [0.29, 0.717) is 40.8 Å². The van der Waals surface area contributed by atoms with E-state index in [1.165, 1.54) is 0 Å². The minimum atomic E-state index is -0.165. The molecule has 3 aromatic carbocycles. The van der Waals surface area contributed by atoms with E-state index in [1.807, 2.05) is 53.4 Å². The summed E-state index contributed by atoms with van der Waals surface area (Å²) in [5.74, 6) is 1.17. The van der Waals surface area contributed by atoms with Crippen molar-refractivity contribution in [2.24, 2.45) is 0 Å². The second-order valence-electron chi connectivity index (χ2n) is 8.34. The number of methoxy groups -OCH3 is 2. The Bertz CT molecular complexity index is 1360. The second-order valence-corrected chi connectivity index (χ2v) is 8.73. The van der Waals surface area contributed by atoms with Crippen LogP contribution in [0.15, 0.2) is 83.7 Å². The number of ether oxygens (including phenoxy) is 2. The summed E-state index contributed by atoms with van der Waals surface area (Å²) < 4.78 is 10.8. The van der Waals surface area contributed by atoms with Crippen LogP contribution < -0.4 is 20.3 Å². The summed E-state index contributed by atoms with van der Waals surface area (Å²) in [6.07, 6.45) is 0. The maximum atomic E-state index is 13.0. The van der Waals surface area contributed by atoms with E-state index in [1.54, 1.807) is 20.3 Å². The van der Waals surface area contributed by atoms with Crippen LogP contribution in [0.5, 0.6) is 11.5 Å². The molecule has 0 amide bonds. The normalized spacial score (nSPS) is 11.6. The van der Waals surface area contributed by atoms with Crippen molar-refractivity contribution in [2.45, 2.75) is 26.1 Å². The molecule has 0 saturated heterocycles. The van der Waals surface area contributed by atoms with E-state index in [0.717, 1.165) is 16.5 Å². The molecule has 0 fully saturated rings. The van der Waals surface area contributed by atoms with E-state index >= 15 is 0 Å².